The van der Waals surface area contributed by atoms with Crippen LogP contribution in [0, 0.1) is 0 Å². The third-order valence-electron chi connectivity index (χ3n) is 4.73. The van der Waals surface area contributed by atoms with Crippen LogP contribution in [0.5, 0.6) is 5.88 Å². The quantitative estimate of drug-likeness (QED) is 0.341. The van der Waals surface area contributed by atoms with E-state index in [1.54, 1.807) is 49.4 Å². The molecule has 1 heterocycles. The Labute approximate surface area is 196 Å². The summed E-state index contributed by atoms with van der Waals surface area (Å²) in [5.74, 6) is -0.237. The second-order valence-corrected chi connectivity index (χ2v) is 7.49. The molecule has 1 atom stereocenters. The largest absolute Gasteiger partial charge is 0.475 e. The Balaban J connectivity index is 2.18. The van der Waals surface area contributed by atoms with Crippen LogP contribution in [0.4, 0.5) is 18.9 Å². The Morgan fingerprint density at radius 2 is 2.03 bits per heavy atom. The molecule has 0 aliphatic heterocycles. The van der Waals surface area contributed by atoms with Gasteiger partial charge in [0.1, 0.15) is 6.61 Å². The number of nitrogens with zero attached hydrogens (tertiary/aromatic N) is 4. The average molecular weight is 483 g/mol. The van der Waals surface area contributed by atoms with E-state index >= 15 is 0 Å². The second-order valence-electron chi connectivity index (χ2n) is 7.08. The van der Waals surface area contributed by atoms with Gasteiger partial charge in [-0.3, -0.25) is 9.80 Å². The van der Waals surface area contributed by atoms with Gasteiger partial charge in [-0.15, -0.1) is 0 Å². The number of rotatable bonds is 9. The molecule has 0 saturated heterocycles. The van der Waals surface area contributed by atoms with Crippen molar-refractivity contribution in [2.75, 3.05) is 25.2 Å². The van der Waals surface area contributed by atoms with E-state index in [0.29, 0.717) is 29.0 Å². The fraction of sp³-hybridized carbons (Fsp3) is 0.348. The maximum absolute atomic E-state index is 13.4. The molecule has 0 radical (unpaired) electrons. The third-order valence-corrected chi connectivity index (χ3v) is 5.03. The number of hydrazone groups is 1. The molecule has 0 N–H and O–H groups in total. The Kier molecular flexibility index (Phi) is 9.28. The number of benzene rings is 1. The first-order chi connectivity index (χ1) is 15.6. The molecule has 0 aliphatic rings. The molecule has 6 nitrogen and oxygen atoms in total. The Bertz CT molecular complexity index is 994. The molecule has 0 spiro atoms. The maximum atomic E-state index is 13.4. The van der Waals surface area contributed by atoms with Gasteiger partial charge in [0.15, 0.2) is 0 Å². The molecule has 0 aliphatic carbocycles. The van der Waals surface area contributed by atoms with E-state index in [2.05, 4.69) is 10.1 Å². The first-order valence-corrected chi connectivity index (χ1v) is 10.6. The molecule has 1 unspecified atom stereocenters. The SMILES string of the molecule is C/C=C\C=N/N(C)c1c(Cl)cccc1C(=O)N(CC)C(C)COc1ccc(C(F)(F)F)cn1. The summed E-state index contributed by atoms with van der Waals surface area (Å²) >= 11 is 6.38. The van der Waals surface area contributed by atoms with Gasteiger partial charge in [-0.25, -0.2) is 4.98 Å². The highest BCUT2D eigenvalue weighted by Crippen LogP contribution is 2.31. The van der Waals surface area contributed by atoms with Crippen molar-refractivity contribution < 1.29 is 22.7 Å². The molecule has 1 aromatic heterocycles. The van der Waals surface area contributed by atoms with Gasteiger partial charge in [0.25, 0.3) is 5.91 Å². The number of likely N-dealkylation sites (N-methyl/N-ethyl adjacent to an activating group) is 1. The zero-order valence-electron chi connectivity index (χ0n) is 18.8. The number of alkyl halides is 3. The molecule has 178 valence electrons. The van der Waals surface area contributed by atoms with Crippen LogP contribution >= 0.6 is 11.6 Å². The molecule has 2 aromatic rings. The van der Waals surface area contributed by atoms with Crippen LogP contribution < -0.4 is 9.75 Å². The summed E-state index contributed by atoms with van der Waals surface area (Å²) in [5, 5.41) is 6.17. The Morgan fingerprint density at radius 3 is 2.61 bits per heavy atom. The minimum atomic E-state index is -4.47. The summed E-state index contributed by atoms with van der Waals surface area (Å²) < 4.78 is 43.6. The smallest absolute Gasteiger partial charge is 0.417 e. The lowest BCUT2D eigenvalue weighted by Gasteiger charge is -2.29. The lowest BCUT2D eigenvalue weighted by atomic mass is 10.1. The summed E-state index contributed by atoms with van der Waals surface area (Å²) in [6.07, 6.45) is 1.40. The van der Waals surface area contributed by atoms with Crippen molar-refractivity contribution in [1.82, 2.24) is 9.88 Å². The van der Waals surface area contributed by atoms with Gasteiger partial charge in [0.2, 0.25) is 5.88 Å². The van der Waals surface area contributed by atoms with E-state index < -0.39 is 17.8 Å². The van der Waals surface area contributed by atoms with Gasteiger partial charge in [-0.05, 0) is 45.0 Å². The van der Waals surface area contributed by atoms with Crippen molar-refractivity contribution in [1.29, 1.82) is 0 Å². The number of hydrogen-bond acceptors (Lipinski definition) is 5. The minimum Gasteiger partial charge on any atom is -0.475 e. The number of allylic oxidation sites excluding steroid dienone is 2. The van der Waals surface area contributed by atoms with Crippen molar-refractivity contribution >= 4 is 29.4 Å². The van der Waals surface area contributed by atoms with Crippen LogP contribution in [0.2, 0.25) is 5.02 Å². The maximum Gasteiger partial charge on any atom is 0.417 e. The van der Waals surface area contributed by atoms with Crippen molar-refractivity contribution in [3.63, 3.8) is 0 Å². The number of pyridine rings is 1. The summed E-state index contributed by atoms with van der Waals surface area (Å²) in [6.45, 7) is 5.89. The van der Waals surface area contributed by atoms with Crippen molar-refractivity contribution in [3.8, 4) is 5.88 Å². The lowest BCUT2D eigenvalue weighted by Crippen LogP contribution is -2.42. The fourth-order valence-corrected chi connectivity index (χ4v) is 3.34. The van der Waals surface area contributed by atoms with Gasteiger partial charge in [0.05, 0.1) is 27.9 Å². The van der Waals surface area contributed by atoms with Gasteiger partial charge in [-0.1, -0.05) is 23.7 Å². The summed E-state index contributed by atoms with van der Waals surface area (Å²) in [5.41, 5.74) is -0.0344. The lowest BCUT2D eigenvalue weighted by molar-refractivity contribution is -0.137. The highest BCUT2D eigenvalue weighted by molar-refractivity contribution is 6.34. The third kappa shape index (κ3) is 6.95. The minimum absolute atomic E-state index is 0.0415. The van der Waals surface area contributed by atoms with Crippen molar-refractivity contribution in [2.24, 2.45) is 5.10 Å². The fourth-order valence-electron chi connectivity index (χ4n) is 3.04. The number of ether oxygens (including phenoxy) is 1. The average Bonchev–Trinajstić information content (AvgIpc) is 2.77. The standard InChI is InChI=1S/C23H26ClF3N4O2/c1-5-7-13-29-30(4)21-18(9-8-10-19(21)24)22(32)31(6-2)16(3)15-33-20-12-11-17(14-28-20)23(25,26)27/h5,7-14,16H,6,15H2,1-4H3/b7-5-,29-13-. The number of halogens is 4. The van der Waals surface area contributed by atoms with Crippen LogP contribution in [0.3, 0.4) is 0 Å². The number of aromatic nitrogens is 1. The van der Waals surface area contributed by atoms with Crippen molar-refractivity contribution in [3.05, 3.63) is 64.8 Å². The van der Waals surface area contributed by atoms with E-state index in [1.165, 1.54) is 5.01 Å². The number of hydrogen-bond donors (Lipinski definition) is 0. The second kappa shape index (κ2) is 11.7. The van der Waals surface area contributed by atoms with Gasteiger partial charge in [-0.2, -0.15) is 18.3 Å². The first-order valence-electron chi connectivity index (χ1n) is 10.2. The van der Waals surface area contributed by atoms with E-state index in [9.17, 15) is 18.0 Å². The highest BCUT2D eigenvalue weighted by atomic mass is 35.5. The van der Waals surface area contributed by atoms with Gasteiger partial charge >= 0.3 is 6.18 Å². The molecule has 1 amide bonds. The molecular formula is C23H26ClF3N4O2. The molecule has 1 aromatic carbocycles. The number of para-hydroxylation sites is 1. The number of anilines is 1. The Morgan fingerprint density at radius 1 is 1.30 bits per heavy atom. The number of carbonyl (C=O) groups excluding carboxylic acids is 1. The van der Waals surface area contributed by atoms with Crippen LogP contribution in [0.15, 0.2) is 53.8 Å². The number of carbonyl (C=O) groups is 1. The number of amides is 1. The molecule has 2 rings (SSSR count). The zero-order valence-corrected chi connectivity index (χ0v) is 19.6. The monoisotopic (exact) mass is 482 g/mol. The summed E-state index contributed by atoms with van der Waals surface area (Å²) in [6, 6.07) is 6.69. The van der Waals surface area contributed by atoms with Crippen LogP contribution in [0.25, 0.3) is 0 Å². The zero-order chi connectivity index (χ0) is 24.6. The van der Waals surface area contributed by atoms with Crippen molar-refractivity contribution in [2.45, 2.75) is 33.0 Å². The van der Waals surface area contributed by atoms with Gasteiger partial charge in [0, 0.05) is 32.1 Å². The predicted octanol–water partition coefficient (Wildman–Crippen LogP) is 5.68. The molecule has 0 bridgehead atoms. The van der Waals surface area contributed by atoms with Crippen LogP contribution in [0.1, 0.15) is 36.7 Å². The molecular weight excluding hydrogens is 457 g/mol. The van der Waals surface area contributed by atoms with Crippen LogP contribution in [-0.2, 0) is 6.18 Å². The predicted molar refractivity (Wildman–Crippen MR) is 124 cm³/mol. The van der Waals surface area contributed by atoms with E-state index in [1.807, 2.05) is 19.9 Å². The molecule has 0 fully saturated rings. The molecule has 10 heteroatoms. The highest BCUT2D eigenvalue weighted by Gasteiger charge is 2.31. The summed E-state index contributed by atoms with van der Waals surface area (Å²) in [4.78, 5) is 18.7. The van der Waals surface area contributed by atoms with Gasteiger partial charge < -0.3 is 9.64 Å². The summed E-state index contributed by atoms with van der Waals surface area (Å²) in [7, 11) is 1.69. The Hall–Kier alpha value is -3.07. The molecule has 0 saturated carbocycles. The van der Waals surface area contributed by atoms with E-state index in [4.69, 9.17) is 16.3 Å². The van der Waals surface area contributed by atoms with Crippen LogP contribution in [-0.4, -0.2) is 48.2 Å². The normalized spacial score (nSPS) is 12.8. The van der Waals surface area contributed by atoms with E-state index in [0.717, 1.165) is 12.1 Å². The first kappa shape index (κ1) is 26.2. The molecule has 33 heavy (non-hydrogen) atoms. The topological polar surface area (TPSA) is 58.0 Å². The van der Waals surface area contributed by atoms with E-state index in [-0.39, 0.29) is 18.4 Å².